The molecule has 1 unspecified atom stereocenters. The molecule has 0 spiro atoms. The first-order valence-electron chi connectivity index (χ1n) is 3.96. The van der Waals surface area contributed by atoms with Gasteiger partial charge in [0.25, 0.3) is 0 Å². The maximum atomic E-state index is 5.75. The average molecular weight is 165 g/mol. The Balaban J connectivity index is 3.00. The van der Waals surface area contributed by atoms with Crippen LogP contribution in [0, 0.1) is 6.92 Å². The van der Waals surface area contributed by atoms with E-state index in [1.807, 2.05) is 25.1 Å². The van der Waals surface area contributed by atoms with Crippen LogP contribution in [-0.2, 0) is 0 Å². The third-order valence-corrected chi connectivity index (χ3v) is 1.80. The van der Waals surface area contributed by atoms with Crippen LogP contribution < -0.4 is 17.2 Å². The van der Waals surface area contributed by atoms with E-state index in [4.69, 9.17) is 17.2 Å². The van der Waals surface area contributed by atoms with Gasteiger partial charge in [-0.3, -0.25) is 0 Å². The average Bonchev–Trinajstić information content (AvgIpc) is 2.01. The first-order valence-corrected chi connectivity index (χ1v) is 3.96. The number of nitrogen functional groups attached to an aromatic ring is 1. The molecule has 0 heterocycles. The van der Waals surface area contributed by atoms with E-state index in [9.17, 15) is 0 Å². The molecule has 1 aromatic carbocycles. The molecule has 0 aliphatic rings. The fraction of sp³-hybridized carbons (Fsp3) is 0.333. The van der Waals surface area contributed by atoms with Gasteiger partial charge >= 0.3 is 0 Å². The summed E-state index contributed by atoms with van der Waals surface area (Å²) in [6, 6.07) is 5.68. The van der Waals surface area contributed by atoms with Crippen LogP contribution in [0.15, 0.2) is 18.2 Å². The first-order chi connectivity index (χ1) is 5.63. The lowest BCUT2D eigenvalue weighted by Gasteiger charge is -2.10. The molecule has 6 N–H and O–H groups in total. The van der Waals surface area contributed by atoms with Crippen molar-refractivity contribution in [3.63, 3.8) is 0 Å². The highest BCUT2D eigenvalue weighted by Crippen LogP contribution is 2.15. The van der Waals surface area contributed by atoms with Crippen molar-refractivity contribution in [2.24, 2.45) is 11.5 Å². The summed E-state index contributed by atoms with van der Waals surface area (Å²) in [7, 11) is 0. The minimum absolute atomic E-state index is 0.104. The van der Waals surface area contributed by atoms with Crippen molar-refractivity contribution in [2.45, 2.75) is 13.0 Å². The highest BCUT2D eigenvalue weighted by atomic mass is 14.7. The van der Waals surface area contributed by atoms with Gasteiger partial charge in [0.15, 0.2) is 0 Å². The van der Waals surface area contributed by atoms with Crippen LogP contribution in [0.4, 0.5) is 5.69 Å². The third-order valence-electron chi connectivity index (χ3n) is 1.80. The number of anilines is 1. The van der Waals surface area contributed by atoms with Crippen LogP contribution in [0.25, 0.3) is 0 Å². The van der Waals surface area contributed by atoms with Gasteiger partial charge in [-0.15, -0.1) is 0 Å². The smallest absolute Gasteiger partial charge is 0.0420 e. The fourth-order valence-corrected chi connectivity index (χ4v) is 1.19. The molecule has 3 nitrogen and oxygen atoms in total. The summed E-state index contributed by atoms with van der Waals surface area (Å²) in [4.78, 5) is 0. The zero-order chi connectivity index (χ0) is 9.14. The number of nitrogens with two attached hydrogens (primary N) is 3. The molecule has 0 saturated carbocycles. The largest absolute Gasteiger partial charge is 0.399 e. The third kappa shape index (κ3) is 1.96. The summed E-state index contributed by atoms with van der Waals surface area (Å²) in [5.41, 5.74) is 19.7. The molecule has 0 radical (unpaired) electrons. The Morgan fingerprint density at radius 1 is 1.33 bits per heavy atom. The summed E-state index contributed by atoms with van der Waals surface area (Å²) in [5.74, 6) is 0. The monoisotopic (exact) mass is 165 g/mol. The van der Waals surface area contributed by atoms with E-state index in [0.717, 1.165) is 16.8 Å². The molecule has 0 aliphatic carbocycles. The van der Waals surface area contributed by atoms with Crippen molar-refractivity contribution in [1.29, 1.82) is 0 Å². The molecule has 66 valence electrons. The predicted molar refractivity (Wildman–Crippen MR) is 51.6 cm³/mol. The molecule has 0 amide bonds. The second-order valence-corrected chi connectivity index (χ2v) is 3.02. The van der Waals surface area contributed by atoms with Crippen molar-refractivity contribution in [2.75, 3.05) is 12.3 Å². The highest BCUT2D eigenvalue weighted by Gasteiger charge is 2.03. The van der Waals surface area contributed by atoms with E-state index >= 15 is 0 Å². The SMILES string of the molecule is Cc1cc(N)cc(C(N)CN)c1. The van der Waals surface area contributed by atoms with Crippen LogP contribution in [0.5, 0.6) is 0 Å². The van der Waals surface area contributed by atoms with E-state index in [1.54, 1.807) is 0 Å². The molecule has 0 aromatic heterocycles. The number of rotatable bonds is 2. The topological polar surface area (TPSA) is 78.1 Å². The van der Waals surface area contributed by atoms with Crippen LogP contribution in [0.1, 0.15) is 17.2 Å². The molecular weight excluding hydrogens is 150 g/mol. The summed E-state index contributed by atoms with van der Waals surface area (Å²) < 4.78 is 0. The highest BCUT2D eigenvalue weighted by molar-refractivity contribution is 5.45. The number of hydrogen-bond acceptors (Lipinski definition) is 3. The lowest BCUT2D eigenvalue weighted by atomic mass is 10.0. The summed E-state index contributed by atoms with van der Waals surface area (Å²) in [6.45, 7) is 2.44. The van der Waals surface area contributed by atoms with E-state index in [0.29, 0.717) is 6.54 Å². The Morgan fingerprint density at radius 3 is 2.50 bits per heavy atom. The van der Waals surface area contributed by atoms with Crippen LogP contribution in [0.3, 0.4) is 0 Å². The van der Waals surface area contributed by atoms with Gasteiger partial charge in [0.2, 0.25) is 0 Å². The molecule has 1 aromatic rings. The second kappa shape index (κ2) is 3.56. The summed E-state index contributed by atoms with van der Waals surface area (Å²) >= 11 is 0. The molecule has 1 atom stereocenters. The van der Waals surface area contributed by atoms with Gasteiger partial charge in [-0.1, -0.05) is 6.07 Å². The Bertz CT molecular complexity index is 250. The van der Waals surface area contributed by atoms with Gasteiger partial charge in [-0.05, 0) is 30.2 Å². The van der Waals surface area contributed by atoms with Gasteiger partial charge in [-0.2, -0.15) is 0 Å². The van der Waals surface area contributed by atoms with E-state index in [1.165, 1.54) is 0 Å². The maximum absolute atomic E-state index is 5.75. The van der Waals surface area contributed by atoms with Crippen molar-refractivity contribution >= 4 is 5.69 Å². The van der Waals surface area contributed by atoms with Crippen molar-refractivity contribution in [3.8, 4) is 0 Å². The predicted octanol–water partition coefficient (Wildman–Crippen LogP) is 0.536. The maximum Gasteiger partial charge on any atom is 0.0420 e. The minimum atomic E-state index is -0.104. The summed E-state index contributed by atoms with van der Waals surface area (Å²) in [5, 5.41) is 0. The molecule has 12 heavy (non-hydrogen) atoms. The first kappa shape index (κ1) is 9.03. The Morgan fingerprint density at radius 2 is 2.00 bits per heavy atom. The van der Waals surface area contributed by atoms with Crippen LogP contribution in [0.2, 0.25) is 0 Å². The van der Waals surface area contributed by atoms with Crippen LogP contribution in [-0.4, -0.2) is 6.54 Å². The molecular formula is C9H15N3. The second-order valence-electron chi connectivity index (χ2n) is 3.02. The lowest BCUT2D eigenvalue weighted by molar-refractivity contribution is 0.737. The van der Waals surface area contributed by atoms with Crippen molar-refractivity contribution in [1.82, 2.24) is 0 Å². The van der Waals surface area contributed by atoms with Gasteiger partial charge in [0.1, 0.15) is 0 Å². The van der Waals surface area contributed by atoms with Gasteiger partial charge in [-0.25, -0.2) is 0 Å². The molecule has 0 bridgehead atoms. The quantitative estimate of drug-likeness (QED) is 0.559. The summed E-state index contributed by atoms with van der Waals surface area (Å²) in [6.07, 6.45) is 0. The fourth-order valence-electron chi connectivity index (χ4n) is 1.19. The standard InChI is InChI=1S/C9H15N3/c1-6-2-7(9(12)5-10)4-8(11)3-6/h2-4,9H,5,10-12H2,1H3. The molecule has 0 aliphatic heterocycles. The zero-order valence-corrected chi connectivity index (χ0v) is 7.25. The Hall–Kier alpha value is -1.06. The number of benzene rings is 1. The minimum Gasteiger partial charge on any atom is -0.399 e. The van der Waals surface area contributed by atoms with E-state index in [-0.39, 0.29) is 6.04 Å². The lowest BCUT2D eigenvalue weighted by Crippen LogP contribution is -2.20. The Labute approximate surface area is 72.5 Å². The van der Waals surface area contributed by atoms with Crippen LogP contribution >= 0.6 is 0 Å². The zero-order valence-electron chi connectivity index (χ0n) is 7.25. The number of hydrogen-bond donors (Lipinski definition) is 3. The number of aryl methyl sites for hydroxylation is 1. The molecule has 1 rings (SSSR count). The van der Waals surface area contributed by atoms with E-state index < -0.39 is 0 Å². The molecule has 3 heteroatoms. The normalized spacial score (nSPS) is 12.9. The van der Waals surface area contributed by atoms with Gasteiger partial charge in [0, 0.05) is 18.3 Å². The van der Waals surface area contributed by atoms with Gasteiger partial charge < -0.3 is 17.2 Å². The van der Waals surface area contributed by atoms with Crippen molar-refractivity contribution < 1.29 is 0 Å². The van der Waals surface area contributed by atoms with E-state index in [2.05, 4.69) is 0 Å². The molecule has 0 saturated heterocycles. The van der Waals surface area contributed by atoms with Crippen molar-refractivity contribution in [3.05, 3.63) is 29.3 Å². The molecule has 0 fully saturated rings. The Kier molecular flexibility index (Phi) is 2.68. The van der Waals surface area contributed by atoms with Gasteiger partial charge in [0.05, 0.1) is 0 Å².